The molecular formula is C30H48O4S4. The molecule has 4 nitrogen and oxygen atoms in total. The molecular weight excluding hydrogens is 553 g/mol. The van der Waals surface area contributed by atoms with Crippen molar-refractivity contribution < 1.29 is 16.8 Å². The maximum atomic E-state index is 12.5. The second kappa shape index (κ2) is 8.15. The highest BCUT2D eigenvalue weighted by molar-refractivity contribution is 8.78. The number of hydrogen-bond donors (Lipinski definition) is 0. The monoisotopic (exact) mass is 600 g/mol. The maximum Gasteiger partial charge on any atom is 0.156 e. The van der Waals surface area contributed by atoms with Gasteiger partial charge in [-0.05, 0) is 123 Å². The molecule has 8 bridgehead atoms. The van der Waals surface area contributed by atoms with Gasteiger partial charge in [0.05, 0.1) is 0 Å². The van der Waals surface area contributed by atoms with Crippen molar-refractivity contribution in [3.05, 3.63) is 0 Å². The normalized spacial score (nSPS) is 59.4. The summed E-state index contributed by atoms with van der Waals surface area (Å²) in [7, 11) is -4.45. The van der Waals surface area contributed by atoms with Crippen molar-refractivity contribution in [2.75, 3.05) is 0 Å². The lowest BCUT2D eigenvalue weighted by atomic mass is 9.47. The molecule has 2 aliphatic heterocycles. The van der Waals surface area contributed by atoms with Crippen LogP contribution in [0.25, 0.3) is 0 Å². The van der Waals surface area contributed by atoms with Crippen molar-refractivity contribution >= 4 is 39.3 Å². The second-order valence-electron chi connectivity index (χ2n) is 17.1. The summed E-state index contributed by atoms with van der Waals surface area (Å²) in [6.07, 6.45) is 15.5. The molecule has 38 heavy (non-hydrogen) atoms. The van der Waals surface area contributed by atoms with Gasteiger partial charge in [0.2, 0.25) is 0 Å². The Kier molecular flexibility index (Phi) is 5.89. The molecule has 10 rings (SSSR count). The lowest BCUT2D eigenvalue weighted by molar-refractivity contribution is -0.0740. The molecule has 8 heteroatoms. The Morgan fingerprint density at radius 2 is 0.605 bits per heavy atom. The Labute approximate surface area is 239 Å². The van der Waals surface area contributed by atoms with Gasteiger partial charge in [0.25, 0.3) is 0 Å². The third kappa shape index (κ3) is 3.30. The molecule has 0 aromatic heterocycles. The molecule has 0 unspecified atom stereocenters. The fourth-order valence-corrected chi connectivity index (χ4v) is 25.6. The van der Waals surface area contributed by atoms with Gasteiger partial charge in [-0.2, -0.15) is 0 Å². The van der Waals surface area contributed by atoms with Crippen molar-refractivity contribution in [1.82, 2.24) is 0 Å². The van der Waals surface area contributed by atoms with Crippen molar-refractivity contribution in [3.63, 3.8) is 0 Å². The van der Waals surface area contributed by atoms with E-state index in [2.05, 4.69) is 41.5 Å². The largest absolute Gasteiger partial charge is 0.244 e. The highest BCUT2D eigenvalue weighted by Crippen LogP contribution is 2.75. The van der Waals surface area contributed by atoms with Gasteiger partial charge in [0.15, 0.2) is 8.16 Å². The van der Waals surface area contributed by atoms with Crippen LogP contribution in [0.15, 0.2) is 0 Å². The fraction of sp³-hybridized carbons (Fsp3) is 1.00. The van der Waals surface area contributed by atoms with E-state index in [-0.39, 0.29) is 21.7 Å². The molecule has 4 atom stereocenters. The van der Waals surface area contributed by atoms with Crippen LogP contribution in [0.3, 0.4) is 0 Å². The van der Waals surface area contributed by atoms with Gasteiger partial charge in [-0.1, -0.05) is 41.5 Å². The molecule has 216 valence electrons. The van der Waals surface area contributed by atoms with Gasteiger partial charge in [0, 0.05) is 10.8 Å². The average Bonchev–Trinajstić information content (AvgIpc) is 3.55. The minimum absolute atomic E-state index is 0.103. The summed E-state index contributed by atoms with van der Waals surface area (Å²) in [5, 5.41) is 0. The van der Waals surface area contributed by atoms with Crippen molar-refractivity contribution in [3.8, 4) is 0 Å². The Hall–Kier alpha value is 0.600. The number of hydrogen-bond acceptors (Lipinski definition) is 4. The van der Waals surface area contributed by atoms with E-state index in [0.717, 1.165) is 35.5 Å². The van der Waals surface area contributed by atoms with Crippen LogP contribution in [0.5, 0.6) is 0 Å². The zero-order valence-electron chi connectivity index (χ0n) is 24.2. The first kappa shape index (κ1) is 27.4. The van der Waals surface area contributed by atoms with Gasteiger partial charge < -0.3 is 0 Å². The van der Waals surface area contributed by atoms with Crippen LogP contribution < -0.4 is 0 Å². The van der Waals surface area contributed by atoms with Crippen molar-refractivity contribution in [1.29, 1.82) is 0 Å². The van der Waals surface area contributed by atoms with Crippen LogP contribution in [0, 0.1) is 57.2 Å². The smallest absolute Gasteiger partial charge is 0.156 e. The van der Waals surface area contributed by atoms with Crippen LogP contribution in [-0.2, 0) is 39.3 Å². The first-order valence-corrected chi connectivity index (χ1v) is 20.9. The summed E-state index contributed by atoms with van der Waals surface area (Å²) >= 11 is 0. The molecule has 0 aromatic carbocycles. The van der Waals surface area contributed by atoms with Gasteiger partial charge in [0.1, 0.15) is 39.3 Å². The standard InChI is InChI=1S/2C15H24O2S2/c2*1-13(2,3)15(18(16)19(15)17)14-7-10-4-11(8-14)6-12(5-10)9-14/h2*10-12H,4-9H2,1-3H3/t2*10?,11?,12?,14?,18-,19-/m10/s1. The van der Waals surface area contributed by atoms with Crippen molar-refractivity contribution in [2.24, 2.45) is 57.2 Å². The summed E-state index contributed by atoms with van der Waals surface area (Å²) in [6.45, 7) is 13.0. The molecule has 0 N–H and O–H groups in total. The van der Waals surface area contributed by atoms with E-state index < -0.39 is 47.5 Å². The predicted octanol–water partition coefficient (Wildman–Crippen LogP) is 6.74. The molecule has 10 fully saturated rings. The summed E-state index contributed by atoms with van der Waals surface area (Å²) in [4.78, 5) is 0. The minimum Gasteiger partial charge on any atom is -0.244 e. The molecule has 0 radical (unpaired) electrons. The van der Waals surface area contributed by atoms with Gasteiger partial charge in [-0.3, -0.25) is 0 Å². The second-order valence-corrected chi connectivity index (χ2v) is 25.5. The quantitative estimate of drug-likeness (QED) is 0.260. The molecule has 0 spiro atoms. The molecule has 8 saturated carbocycles. The van der Waals surface area contributed by atoms with Gasteiger partial charge in [-0.15, -0.1) is 0 Å². The number of rotatable bonds is 2. The molecule has 0 aromatic rings. The first-order valence-electron chi connectivity index (χ1n) is 15.3. The Morgan fingerprint density at radius 1 is 0.421 bits per heavy atom. The maximum absolute atomic E-state index is 12.5. The van der Waals surface area contributed by atoms with Gasteiger partial charge in [-0.25, -0.2) is 16.8 Å². The topological polar surface area (TPSA) is 68.3 Å². The molecule has 2 heterocycles. The minimum atomic E-state index is -1.11. The zero-order chi connectivity index (χ0) is 27.3. The van der Waals surface area contributed by atoms with Crippen LogP contribution in [0.2, 0.25) is 0 Å². The Bertz CT molecular complexity index is 969. The molecule has 0 amide bonds. The lowest BCUT2D eigenvalue weighted by Crippen LogP contribution is -2.57. The van der Waals surface area contributed by atoms with E-state index in [0.29, 0.717) is 0 Å². The molecule has 2 saturated heterocycles. The van der Waals surface area contributed by atoms with E-state index in [9.17, 15) is 16.8 Å². The van der Waals surface area contributed by atoms with E-state index in [1.54, 1.807) is 0 Å². The average molecular weight is 601 g/mol. The van der Waals surface area contributed by atoms with Crippen LogP contribution >= 0.6 is 0 Å². The SMILES string of the molecule is CC(C)(C)C1(C23CC4CC(CC(C4)C2)C3)[S@@](=O)[S@@]1=O.CC(C)(C)C1(C23CC4CC(CC(C4)C2)C3)[S@](=O)[S@]1=O. The Balaban J connectivity index is 0.000000127. The lowest BCUT2D eigenvalue weighted by Gasteiger charge is -2.60. The van der Waals surface area contributed by atoms with Gasteiger partial charge >= 0.3 is 0 Å². The highest BCUT2D eigenvalue weighted by atomic mass is 33.2. The van der Waals surface area contributed by atoms with Crippen LogP contribution in [0.1, 0.15) is 119 Å². The summed E-state index contributed by atoms with van der Waals surface area (Å²) in [5.41, 5.74) is 0.0637. The van der Waals surface area contributed by atoms with Crippen LogP contribution in [0.4, 0.5) is 0 Å². The highest BCUT2D eigenvalue weighted by Gasteiger charge is 2.81. The van der Waals surface area contributed by atoms with E-state index in [1.165, 1.54) is 77.0 Å². The molecule has 8 aliphatic carbocycles. The third-order valence-electron chi connectivity index (χ3n) is 12.6. The predicted molar refractivity (Wildman–Crippen MR) is 158 cm³/mol. The zero-order valence-corrected chi connectivity index (χ0v) is 27.5. The van der Waals surface area contributed by atoms with E-state index in [4.69, 9.17) is 0 Å². The summed E-state index contributed by atoms with van der Waals surface area (Å²) in [6, 6.07) is 0. The molecule has 10 aliphatic rings. The van der Waals surface area contributed by atoms with Crippen molar-refractivity contribution in [2.45, 2.75) is 127 Å². The Morgan fingerprint density at radius 3 is 0.737 bits per heavy atom. The van der Waals surface area contributed by atoms with E-state index in [1.807, 2.05) is 0 Å². The van der Waals surface area contributed by atoms with Crippen LogP contribution in [-0.4, -0.2) is 25.0 Å². The summed E-state index contributed by atoms with van der Waals surface area (Å²) < 4.78 is 49.3. The van der Waals surface area contributed by atoms with E-state index >= 15 is 0 Å². The third-order valence-corrected chi connectivity index (χ3v) is 24.1. The summed E-state index contributed by atoms with van der Waals surface area (Å²) in [5.74, 6) is 5.00. The first-order chi connectivity index (χ1) is 17.6. The fourth-order valence-electron chi connectivity index (χ4n) is 12.6.